The Morgan fingerprint density at radius 3 is 2.72 bits per heavy atom. The van der Waals surface area contributed by atoms with Gasteiger partial charge in [0.05, 0.1) is 16.8 Å². The highest BCUT2D eigenvalue weighted by Gasteiger charge is 2.31. The van der Waals surface area contributed by atoms with Gasteiger partial charge >= 0.3 is 6.18 Å². The quantitative estimate of drug-likeness (QED) is 0.801. The molecule has 0 atom stereocenters. The Morgan fingerprint density at radius 1 is 1.40 bits per heavy atom. The summed E-state index contributed by atoms with van der Waals surface area (Å²) in [6, 6.07) is 2.57. The van der Waals surface area contributed by atoms with E-state index in [-0.39, 0.29) is 35.8 Å². The fourth-order valence-electron chi connectivity index (χ4n) is 2.05. The summed E-state index contributed by atoms with van der Waals surface area (Å²) >= 11 is 5.78. The van der Waals surface area contributed by atoms with Gasteiger partial charge in [-0.1, -0.05) is 11.6 Å². The monoisotopic (exact) mass is 375 g/mol. The molecule has 0 bridgehead atoms. The first-order valence-corrected chi connectivity index (χ1v) is 7.86. The molecule has 0 spiro atoms. The largest absolute Gasteiger partial charge is 0.417 e. The van der Waals surface area contributed by atoms with Gasteiger partial charge in [-0.15, -0.1) is 0 Å². The zero-order valence-electron chi connectivity index (χ0n) is 13.6. The van der Waals surface area contributed by atoms with Gasteiger partial charge in [0.25, 0.3) is 0 Å². The van der Waals surface area contributed by atoms with Crippen LogP contribution in [0.4, 0.5) is 24.8 Å². The summed E-state index contributed by atoms with van der Waals surface area (Å²) in [5.41, 5.74) is -0.928. The fraction of sp³-hybridized carbons (Fsp3) is 0.400. The topological polar surface area (TPSA) is 71.8 Å². The molecule has 0 radical (unpaired) electrons. The van der Waals surface area contributed by atoms with Crippen molar-refractivity contribution in [1.82, 2.24) is 14.8 Å². The first-order chi connectivity index (χ1) is 11.7. The van der Waals surface area contributed by atoms with Crippen molar-refractivity contribution in [3.8, 4) is 0 Å². The minimum absolute atomic E-state index is 0.0856. The number of hydrogen-bond donors (Lipinski definition) is 2. The number of aromatic nitrogens is 3. The lowest BCUT2D eigenvalue weighted by atomic mass is 10.2. The van der Waals surface area contributed by atoms with Crippen molar-refractivity contribution in [2.24, 2.45) is 0 Å². The van der Waals surface area contributed by atoms with Gasteiger partial charge in [-0.25, -0.2) is 9.67 Å². The third-order valence-electron chi connectivity index (χ3n) is 3.24. The first kappa shape index (κ1) is 19.0. The molecule has 0 saturated carbocycles. The summed E-state index contributed by atoms with van der Waals surface area (Å²) in [5.74, 6) is 0.401. The minimum atomic E-state index is -4.51. The lowest BCUT2D eigenvalue weighted by molar-refractivity contribution is -0.137. The summed E-state index contributed by atoms with van der Waals surface area (Å²) in [7, 11) is 0. The van der Waals surface area contributed by atoms with Crippen molar-refractivity contribution >= 4 is 29.1 Å². The summed E-state index contributed by atoms with van der Waals surface area (Å²) in [4.78, 5) is 15.6. The van der Waals surface area contributed by atoms with Crippen LogP contribution in [0.15, 0.2) is 24.5 Å². The highest BCUT2D eigenvalue weighted by molar-refractivity contribution is 6.32. The molecule has 2 aromatic rings. The third-order valence-corrected chi connectivity index (χ3v) is 3.53. The van der Waals surface area contributed by atoms with Crippen LogP contribution in [0, 0.1) is 0 Å². The van der Waals surface area contributed by atoms with E-state index in [1.807, 2.05) is 13.8 Å². The Kier molecular flexibility index (Phi) is 5.89. The van der Waals surface area contributed by atoms with E-state index < -0.39 is 11.7 Å². The number of halogens is 4. The third kappa shape index (κ3) is 5.09. The number of amides is 1. The Morgan fingerprint density at radius 2 is 2.12 bits per heavy atom. The van der Waals surface area contributed by atoms with Gasteiger partial charge < -0.3 is 10.6 Å². The lowest BCUT2D eigenvalue weighted by Gasteiger charge is -2.12. The van der Waals surface area contributed by atoms with Gasteiger partial charge in [-0.3, -0.25) is 4.79 Å². The predicted molar refractivity (Wildman–Crippen MR) is 88.6 cm³/mol. The average molecular weight is 376 g/mol. The number of rotatable bonds is 6. The van der Waals surface area contributed by atoms with Crippen LogP contribution >= 0.6 is 11.6 Å². The van der Waals surface area contributed by atoms with Crippen LogP contribution in [0.3, 0.4) is 0 Å². The van der Waals surface area contributed by atoms with E-state index in [4.69, 9.17) is 11.6 Å². The van der Waals surface area contributed by atoms with E-state index in [9.17, 15) is 18.0 Å². The molecular formula is C15H17ClF3N5O. The summed E-state index contributed by atoms with van der Waals surface area (Å²) < 4.78 is 39.3. The molecule has 0 unspecified atom stereocenters. The van der Waals surface area contributed by atoms with E-state index in [0.29, 0.717) is 12.0 Å². The van der Waals surface area contributed by atoms with Crippen molar-refractivity contribution in [3.63, 3.8) is 0 Å². The van der Waals surface area contributed by atoms with Gasteiger partial charge in [-0.2, -0.15) is 18.3 Å². The van der Waals surface area contributed by atoms with Gasteiger partial charge in [0.2, 0.25) is 5.91 Å². The second-order valence-electron chi connectivity index (χ2n) is 5.53. The maximum absolute atomic E-state index is 12.5. The molecule has 0 saturated heterocycles. The molecule has 0 aliphatic heterocycles. The average Bonchev–Trinajstić information content (AvgIpc) is 2.96. The molecule has 2 rings (SSSR count). The predicted octanol–water partition coefficient (Wildman–Crippen LogP) is 3.97. The molecule has 2 aromatic heterocycles. The van der Waals surface area contributed by atoms with Crippen molar-refractivity contribution in [3.05, 3.63) is 35.1 Å². The van der Waals surface area contributed by atoms with Crippen molar-refractivity contribution in [2.45, 2.75) is 32.5 Å². The fourth-order valence-corrected chi connectivity index (χ4v) is 2.28. The van der Waals surface area contributed by atoms with Crippen LogP contribution in [-0.2, 0) is 11.0 Å². The van der Waals surface area contributed by atoms with Gasteiger partial charge in [0.1, 0.15) is 11.6 Å². The molecule has 0 aliphatic carbocycles. The normalized spacial score (nSPS) is 11.6. The molecule has 6 nitrogen and oxygen atoms in total. The first-order valence-electron chi connectivity index (χ1n) is 7.48. The van der Waals surface area contributed by atoms with Gasteiger partial charge in [0, 0.05) is 31.3 Å². The maximum atomic E-state index is 12.5. The molecule has 0 aliphatic rings. The number of hydrogen-bond acceptors (Lipinski definition) is 4. The Labute approximate surface area is 147 Å². The van der Waals surface area contributed by atoms with Crippen LogP contribution in [-0.4, -0.2) is 27.2 Å². The van der Waals surface area contributed by atoms with Crippen LogP contribution in [0.1, 0.15) is 31.9 Å². The zero-order chi connectivity index (χ0) is 18.6. The molecular weight excluding hydrogens is 359 g/mol. The number of nitrogens with zero attached hydrogens (tertiary/aromatic N) is 3. The summed E-state index contributed by atoms with van der Waals surface area (Å²) in [6.07, 6.45) is -2.15. The standard InChI is InChI=1S/C15H17ClF3N5O/c1-9(2)24-12(3-6-22-24)23-13(25)4-5-20-14-11(16)7-10(8-21-14)15(17,18)19/h3,6-9H,4-5H2,1-2H3,(H,20,21)(H,23,25). The van der Waals surface area contributed by atoms with Crippen LogP contribution in [0.2, 0.25) is 5.02 Å². The molecule has 25 heavy (non-hydrogen) atoms. The smallest absolute Gasteiger partial charge is 0.368 e. The van der Waals surface area contributed by atoms with E-state index in [2.05, 4.69) is 20.7 Å². The van der Waals surface area contributed by atoms with Crippen molar-refractivity contribution in [1.29, 1.82) is 0 Å². The number of nitrogens with one attached hydrogen (secondary N) is 2. The highest BCUT2D eigenvalue weighted by atomic mass is 35.5. The number of pyridine rings is 1. The van der Waals surface area contributed by atoms with Gasteiger partial charge in [0.15, 0.2) is 0 Å². The van der Waals surface area contributed by atoms with Crippen LogP contribution in [0.25, 0.3) is 0 Å². The van der Waals surface area contributed by atoms with E-state index >= 15 is 0 Å². The number of carbonyl (C=O) groups excluding carboxylic acids is 1. The van der Waals surface area contributed by atoms with Crippen molar-refractivity contribution < 1.29 is 18.0 Å². The molecule has 10 heteroatoms. The minimum Gasteiger partial charge on any atom is -0.368 e. The van der Waals surface area contributed by atoms with Gasteiger partial charge in [-0.05, 0) is 19.9 Å². The second kappa shape index (κ2) is 7.73. The molecule has 0 fully saturated rings. The maximum Gasteiger partial charge on any atom is 0.417 e. The van der Waals surface area contributed by atoms with Crippen LogP contribution < -0.4 is 10.6 Å². The van der Waals surface area contributed by atoms with E-state index in [1.165, 1.54) is 0 Å². The molecule has 136 valence electrons. The molecule has 2 heterocycles. The molecule has 1 amide bonds. The number of carbonyl (C=O) groups is 1. The highest BCUT2D eigenvalue weighted by Crippen LogP contribution is 2.32. The second-order valence-corrected chi connectivity index (χ2v) is 5.94. The number of anilines is 2. The summed E-state index contributed by atoms with van der Waals surface area (Å²) in [6.45, 7) is 4.03. The van der Waals surface area contributed by atoms with E-state index in [1.54, 1.807) is 16.9 Å². The molecule has 2 N–H and O–H groups in total. The van der Waals surface area contributed by atoms with Crippen molar-refractivity contribution in [2.75, 3.05) is 17.2 Å². The van der Waals surface area contributed by atoms with E-state index in [0.717, 1.165) is 6.07 Å². The zero-order valence-corrected chi connectivity index (χ0v) is 14.3. The molecule has 0 aromatic carbocycles. The Bertz CT molecular complexity index is 745. The van der Waals surface area contributed by atoms with Crippen LogP contribution in [0.5, 0.6) is 0 Å². The summed E-state index contributed by atoms with van der Waals surface area (Å²) in [5, 5.41) is 9.41. The Hall–Kier alpha value is -2.29. The number of alkyl halides is 3. The Balaban J connectivity index is 1.88. The SMILES string of the molecule is CC(C)n1nccc1NC(=O)CCNc1ncc(C(F)(F)F)cc1Cl. The lowest BCUT2D eigenvalue weighted by Crippen LogP contribution is -2.19.